The average molecular weight is 484 g/mol. The molecule has 2 heterocycles. The molecule has 1 aromatic heterocycles. The summed E-state index contributed by atoms with van der Waals surface area (Å²) in [5.74, 6) is 2.24. The fraction of sp³-hybridized carbons (Fsp3) is 0.231. The molecule has 0 aliphatic carbocycles. The Morgan fingerprint density at radius 2 is 1.82 bits per heavy atom. The molecule has 1 atom stereocenters. The van der Waals surface area contributed by atoms with Crippen LogP contribution in [0, 0.1) is 0 Å². The Labute approximate surface area is 202 Å². The first-order valence-corrected chi connectivity index (χ1v) is 11.6. The van der Waals surface area contributed by atoms with E-state index in [-0.39, 0.29) is 6.04 Å². The number of hydrogen-bond donors (Lipinski definition) is 2. The van der Waals surface area contributed by atoms with Crippen LogP contribution >= 0.6 is 23.2 Å². The van der Waals surface area contributed by atoms with Crippen molar-refractivity contribution >= 4 is 34.1 Å². The summed E-state index contributed by atoms with van der Waals surface area (Å²) in [7, 11) is 3.37. The fourth-order valence-corrected chi connectivity index (χ4v) is 5.04. The number of ether oxygens (including phenoxy) is 3. The van der Waals surface area contributed by atoms with Crippen LogP contribution in [0.15, 0.2) is 54.6 Å². The second-order valence-electron chi connectivity index (χ2n) is 8.12. The molecular formula is C26H25Cl2N2O3+. The second kappa shape index (κ2) is 9.18. The second-order valence-corrected chi connectivity index (χ2v) is 8.96. The summed E-state index contributed by atoms with van der Waals surface area (Å²) >= 11 is 12.3. The summed E-state index contributed by atoms with van der Waals surface area (Å²) in [5.41, 5.74) is 5.88. The van der Waals surface area contributed by atoms with Crippen molar-refractivity contribution in [2.45, 2.75) is 19.1 Å². The molecule has 1 aliphatic heterocycles. The number of methoxy groups -OCH3 is 2. The maximum absolute atomic E-state index is 6.28. The van der Waals surface area contributed by atoms with Crippen molar-refractivity contribution in [1.29, 1.82) is 0 Å². The van der Waals surface area contributed by atoms with Gasteiger partial charge in [0.15, 0.2) is 6.04 Å². The van der Waals surface area contributed by atoms with Gasteiger partial charge in [-0.15, -0.1) is 0 Å². The van der Waals surface area contributed by atoms with Crippen molar-refractivity contribution in [3.63, 3.8) is 0 Å². The molecule has 3 N–H and O–H groups in total. The van der Waals surface area contributed by atoms with Crippen molar-refractivity contribution < 1.29 is 19.5 Å². The average Bonchev–Trinajstić information content (AvgIpc) is 3.21. The van der Waals surface area contributed by atoms with Gasteiger partial charge in [0.25, 0.3) is 0 Å². The highest BCUT2D eigenvalue weighted by atomic mass is 35.5. The largest absolute Gasteiger partial charge is 0.497 e. The quantitative estimate of drug-likeness (QED) is 0.392. The summed E-state index contributed by atoms with van der Waals surface area (Å²) in [6.45, 7) is 1.35. The molecule has 5 nitrogen and oxygen atoms in total. The van der Waals surface area contributed by atoms with Gasteiger partial charge in [-0.25, -0.2) is 0 Å². The standard InChI is InChI=1S/C26H24Cl2N2O3/c1-31-18-5-6-22-20(13-18)19-9-10-29-25(26(19)30-22)15-3-7-23(32-2)16(11-15)14-33-24-8-4-17(27)12-21(24)28/h3-8,11-13,25,29-30H,9-10,14H2,1-2H3/p+1. The molecule has 1 unspecified atom stereocenters. The number of halogens is 2. The Bertz CT molecular complexity index is 1320. The minimum absolute atomic E-state index is 0.163. The zero-order valence-electron chi connectivity index (χ0n) is 18.5. The van der Waals surface area contributed by atoms with Crippen LogP contribution in [-0.2, 0) is 13.0 Å². The van der Waals surface area contributed by atoms with Crippen LogP contribution in [0.5, 0.6) is 17.2 Å². The van der Waals surface area contributed by atoms with Crippen LogP contribution < -0.4 is 19.5 Å². The predicted molar refractivity (Wildman–Crippen MR) is 131 cm³/mol. The molecule has 0 bridgehead atoms. The van der Waals surface area contributed by atoms with Crippen LogP contribution in [0.25, 0.3) is 10.9 Å². The van der Waals surface area contributed by atoms with Crippen molar-refractivity contribution in [3.8, 4) is 17.2 Å². The zero-order chi connectivity index (χ0) is 22.9. The van der Waals surface area contributed by atoms with E-state index < -0.39 is 0 Å². The third-order valence-corrected chi connectivity index (χ3v) is 6.73. The molecule has 0 amide bonds. The van der Waals surface area contributed by atoms with Gasteiger partial charge in [-0.05, 0) is 60.2 Å². The van der Waals surface area contributed by atoms with E-state index in [1.54, 1.807) is 32.4 Å². The van der Waals surface area contributed by atoms with Gasteiger partial charge >= 0.3 is 0 Å². The maximum atomic E-state index is 6.28. The first-order valence-electron chi connectivity index (χ1n) is 10.8. The highest BCUT2D eigenvalue weighted by Crippen LogP contribution is 2.35. The van der Waals surface area contributed by atoms with Crippen LogP contribution in [0.2, 0.25) is 10.0 Å². The lowest BCUT2D eigenvalue weighted by Gasteiger charge is -2.22. The topological polar surface area (TPSA) is 60.1 Å². The maximum Gasteiger partial charge on any atom is 0.153 e. The smallest absolute Gasteiger partial charge is 0.153 e. The molecule has 5 rings (SSSR count). The molecule has 0 saturated heterocycles. The molecule has 0 fully saturated rings. The third-order valence-electron chi connectivity index (χ3n) is 6.19. The van der Waals surface area contributed by atoms with Gasteiger partial charge in [0.1, 0.15) is 23.9 Å². The number of hydrogen-bond acceptors (Lipinski definition) is 3. The molecule has 0 radical (unpaired) electrons. The molecule has 0 saturated carbocycles. The van der Waals surface area contributed by atoms with E-state index >= 15 is 0 Å². The minimum Gasteiger partial charge on any atom is -0.497 e. The number of H-pyrrole nitrogens is 1. The summed E-state index contributed by atoms with van der Waals surface area (Å²) in [4.78, 5) is 3.66. The van der Waals surface area contributed by atoms with E-state index in [1.165, 1.54) is 22.2 Å². The van der Waals surface area contributed by atoms with Crippen molar-refractivity contribution in [2.24, 2.45) is 0 Å². The highest BCUT2D eigenvalue weighted by molar-refractivity contribution is 6.35. The fourth-order valence-electron chi connectivity index (χ4n) is 4.58. The monoisotopic (exact) mass is 483 g/mol. The Hall–Kier alpha value is -2.86. The number of rotatable bonds is 6. The number of nitrogens with one attached hydrogen (secondary N) is 1. The number of aromatic amines is 1. The van der Waals surface area contributed by atoms with E-state index in [2.05, 4.69) is 34.6 Å². The lowest BCUT2D eigenvalue weighted by molar-refractivity contribution is -0.690. The molecule has 4 aromatic rings. The van der Waals surface area contributed by atoms with Crippen LogP contribution in [-0.4, -0.2) is 25.7 Å². The Morgan fingerprint density at radius 1 is 0.970 bits per heavy atom. The number of quaternary nitrogens is 1. The Morgan fingerprint density at radius 3 is 2.61 bits per heavy atom. The van der Waals surface area contributed by atoms with Crippen molar-refractivity contribution in [1.82, 2.24) is 4.98 Å². The summed E-state index contributed by atoms with van der Waals surface area (Å²) in [5, 5.41) is 4.66. The van der Waals surface area contributed by atoms with Gasteiger partial charge in [0.2, 0.25) is 0 Å². The number of aromatic nitrogens is 1. The summed E-state index contributed by atoms with van der Waals surface area (Å²) in [6, 6.07) is 17.9. The number of nitrogens with two attached hydrogens (primary N) is 1. The van der Waals surface area contributed by atoms with Gasteiger partial charge in [0, 0.05) is 33.5 Å². The first kappa shape index (κ1) is 22.0. The lowest BCUT2D eigenvalue weighted by atomic mass is 9.93. The zero-order valence-corrected chi connectivity index (χ0v) is 20.0. The van der Waals surface area contributed by atoms with E-state index in [9.17, 15) is 0 Å². The van der Waals surface area contributed by atoms with Gasteiger partial charge in [0.05, 0.1) is 31.5 Å². The third kappa shape index (κ3) is 4.24. The summed E-state index contributed by atoms with van der Waals surface area (Å²) in [6.07, 6.45) is 1.01. The molecular weight excluding hydrogens is 459 g/mol. The van der Waals surface area contributed by atoms with Crippen LogP contribution in [0.3, 0.4) is 0 Å². The van der Waals surface area contributed by atoms with Gasteiger partial charge < -0.3 is 24.5 Å². The molecule has 0 spiro atoms. The normalized spacial score (nSPS) is 15.3. The molecule has 3 aromatic carbocycles. The van der Waals surface area contributed by atoms with Gasteiger partial charge in [-0.2, -0.15) is 0 Å². The van der Waals surface area contributed by atoms with Crippen LogP contribution in [0.1, 0.15) is 28.4 Å². The van der Waals surface area contributed by atoms with Crippen molar-refractivity contribution in [2.75, 3.05) is 20.8 Å². The van der Waals surface area contributed by atoms with Gasteiger partial charge in [-0.1, -0.05) is 23.2 Å². The Balaban J connectivity index is 1.48. The van der Waals surface area contributed by atoms with Crippen molar-refractivity contribution in [3.05, 3.63) is 87.0 Å². The molecule has 1 aliphatic rings. The Kier molecular flexibility index (Phi) is 6.11. The van der Waals surface area contributed by atoms with E-state index in [4.69, 9.17) is 37.4 Å². The van der Waals surface area contributed by atoms with E-state index in [1.807, 2.05) is 12.1 Å². The lowest BCUT2D eigenvalue weighted by Crippen LogP contribution is -2.87. The number of fused-ring (bicyclic) bond motifs is 3. The predicted octanol–water partition coefficient (Wildman–Crippen LogP) is 5.28. The van der Waals surface area contributed by atoms with Gasteiger partial charge in [-0.3, -0.25) is 0 Å². The van der Waals surface area contributed by atoms with Crippen LogP contribution in [0.4, 0.5) is 0 Å². The van der Waals surface area contributed by atoms with E-state index in [0.29, 0.717) is 22.4 Å². The number of benzene rings is 3. The minimum atomic E-state index is 0.163. The molecule has 170 valence electrons. The summed E-state index contributed by atoms with van der Waals surface area (Å²) < 4.78 is 17.1. The highest BCUT2D eigenvalue weighted by Gasteiger charge is 2.29. The molecule has 7 heteroatoms. The first-order chi connectivity index (χ1) is 16.1. The molecule has 33 heavy (non-hydrogen) atoms. The van der Waals surface area contributed by atoms with E-state index in [0.717, 1.165) is 35.5 Å². The SMILES string of the molecule is COc1ccc2[nH]c3c(c2c1)CC[NH2+]C3c1ccc(OC)c(COc2ccc(Cl)cc2Cl)c1.